The van der Waals surface area contributed by atoms with Crippen molar-refractivity contribution in [3.8, 4) is 5.75 Å². The van der Waals surface area contributed by atoms with Crippen molar-refractivity contribution >= 4 is 27.4 Å². The smallest absolute Gasteiger partial charge is 0.187 e. The predicted octanol–water partition coefficient (Wildman–Crippen LogP) is 5.58. The summed E-state index contributed by atoms with van der Waals surface area (Å²) in [6.07, 6.45) is 4.88. The van der Waals surface area contributed by atoms with Gasteiger partial charge < -0.3 is 10.1 Å². The number of benzene rings is 2. The van der Waals surface area contributed by atoms with Crippen LogP contribution in [0.1, 0.15) is 30.1 Å². The van der Waals surface area contributed by atoms with Crippen LogP contribution in [-0.4, -0.2) is 12.4 Å². The number of anilines is 1. The molecule has 0 saturated heterocycles. The van der Waals surface area contributed by atoms with E-state index < -0.39 is 5.82 Å². The van der Waals surface area contributed by atoms with Gasteiger partial charge in [-0.05, 0) is 48.9 Å². The van der Waals surface area contributed by atoms with Crippen molar-refractivity contribution in [1.29, 1.82) is 0 Å². The maximum Gasteiger partial charge on any atom is 0.187 e. The maximum absolute atomic E-state index is 13.6. The number of ether oxygens (including phenoxy) is 1. The quantitative estimate of drug-likeness (QED) is 0.362. The third-order valence-electron chi connectivity index (χ3n) is 3.31. The Labute approximate surface area is 149 Å². The third kappa shape index (κ3) is 5.49. The number of rotatable bonds is 8. The summed E-state index contributed by atoms with van der Waals surface area (Å²) in [5.41, 5.74) is 0.856. The first-order valence-corrected chi connectivity index (χ1v) is 8.55. The maximum atomic E-state index is 13.6. The molecule has 0 aromatic heterocycles. The Hall–Kier alpha value is -2.14. The van der Waals surface area contributed by atoms with Gasteiger partial charge in [-0.1, -0.05) is 29.3 Å². The van der Waals surface area contributed by atoms with Crippen LogP contribution in [0.3, 0.4) is 0 Å². The van der Waals surface area contributed by atoms with E-state index in [1.165, 1.54) is 18.3 Å². The van der Waals surface area contributed by atoms with Gasteiger partial charge in [0, 0.05) is 22.3 Å². The van der Waals surface area contributed by atoms with Crippen LogP contribution in [0.5, 0.6) is 5.75 Å². The second-order valence-corrected chi connectivity index (χ2v) is 6.11. The number of carbonyl (C=O) groups is 1. The van der Waals surface area contributed by atoms with Crippen molar-refractivity contribution in [1.82, 2.24) is 0 Å². The molecule has 2 rings (SSSR count). The lowest BCUT2D eigenvalue weighted by molar-refractivity contribution is 0.104. The number of carbonyl (C=O) groups excluding carboxylic acids is 1. The van der Waals surface area contributed by atoms with Crippen LogP contribution in [0.15, 0.2) is 59.2 Å². The van der Waals surface area contributed by atoms with Crippen molar-refractivity contribution < 1.29 is 13.9 Å². The van der Waals surface area contributed by atoms with Crippen molar-refractivity contribution in [2.75, 3.05) is 11.9 Å². The summed E-state index contributed by atoms with van der Waals surface area (Å²) >= 11 is 3.19. The number of hydrogen-bond donors (Lipinski definition) is 1. The molecule has 2 aromatic carbocycles. The molecule has 0 aliphatic rings. The van der Waals surface area contributed by atoms with Crippen LogP contribution in [-0.2, 0) is 0 Å². The Morgan fingerprint density at radius 1 is 1.25 bits per heavy atom. The first kappa shape index (κ1) is 18.2. The summed E-state index contributed by atoms with van der Waals surface area (Å²) in [6.45, 7) is 2.78. The van der Waals surface area contributed by atoms with Crippen molar-refractivity contribution in [2.24, 2.45) is 0 Å². The molecule has 0 unspecified atom stereocenters. The third-order valence-corrected chi connectivity index (χ3v) is 3.80. The van der Waals surface area contributed by atoms with Crippen LogP contribution >= 0.6 is 15.9 Å². The molecule has 0 saturated carbocycles. The Morgan fingerprint density at radius 3 is 2.67 bits per heavy atom. The standard InChI is InChI=1S/C19H19BrFNO2/c1-2-3-12-24-16-7-4-14(5-8-16)19(23)10-11-22-18-9-6-15(20)13-17(18)21/h4-11,13,22H,2-3,12H2,1H3/b11-10+. The Morgan fingerprint density at radius 2 is 2.00 bits per heavy atom. The normalized spacial score (nSPS) is 10.8. The molecule has 3 nitrogen and oxygen atoms in total. The monoisotopic (exact) mass is 391 g/mol. The van der Waals surface area contributed by atoms with E-state index in [-0.39, 0.29) is 5.78 Å². The molecule has 0 spiro atoms. The first-order chi connectivity index (χ1) is 11.6. The highest BCUT2D eigenvalue weighted by Crippen LogP contribution is 2.19. The Balaban J connectivity index is 1.91. The molecule has 0 amide bonds. The van der Waals surface area contributed by atoms with E-state index >= 15 is 0 Å². The molecule has 2 aromatic rings. The SMILES string of the molecule is CCCCOc1ccc(C(=O)/C=C/Nc2ccc(Br)cc2F)cc1. The van der Waals surface area contributed by atoms with Crippen LogP contribution in [0, 0.1) is 5.82 Å². The van der Waals surface area contributed by atoms with Crippen LogP contribution in [0.25, 0.3) is 0 Å². The van der Waals surface area contributed by atoms with Gasteiger partial charge in [-0.2, -0.15) is 0 Å². The zero-order chi connectivity index (χ0) is 17.4. The van der Waals surface area contributed by atoms with Crippen LogP contribution < -0.4 is 10.1 Å². The van der Waals surface area contributed by atoms with Gasteiger partial charge in [-0.25, -0.2) is 4.39 Å². The number of ketones is 1. The topological polar surface area (TPSA) is 38.3 Å². The van der Waals surface area contributed by atoms with E-state index in [1.807, 2.05) is 0 Å². The molecule has 0 fully saturated rings. The van der Waals surface area contributed by atoms with Gasteiger partial charge in [-0.15, -0.1) is 0 Å². The molecular weight excluding hydrogens is 373 g/mol. The minimum Gasteiger partial charge on any atom is -0.494 e. The molecule has 0 bridgehead atoms. The molecular formula is C19H19BrFNO2. The average molecular weight is 392 g/mol. The molecule has 24 heavy (non-hydrogen) atoms. The fraction of sp³-hybridized carbons (Fsp3) is 0.211. The highest BCUT2D eigenvalue weighted by molar-refractivity contribution is 9.10. The van der Waals surface area contributed by atoms with Gasteiger partial charge in [-0.3, -0.25) is 4.79 Å². The van der Waals surface area contributed by atoms with E-state index in [9.17, 15) is 9.18 Å². The molecule has 1 N–H and O–H groups in total. The minimum atomic E-state index is -0.393. The van der Waals surface area contributed by atoms with Crippen LogP contribution in [0.2, 0.25) is 0 Å². The Bertz CT molecular complexity index is 714. The number of allylic oxidation sites excluding steroid dienone is 1. The largest absolute Gasteiger partial charge is 0.494 e. The highest BCUT2D eigenvalue weighted by atomic mass is 79.9. The lowest BCUT2D eigenvalue weighted by atomic mass is 10.1. The van der Waals surface area contributed by atoms with Gasteiger partial charge in [0.25, 0.3) is 0 Å². The zero-order valence-corrected chi connectivity index (χ0v) is 15.0. The summed E-state index contributed by atoms with van der Waals surface area (Å²) in [6, 6.07) is 11.7. The molecule has 0 aliphatic heterocycles. The van der Waals surface area contributed by atoms with E-state index in [2.05, 4.69) is 28.2 Å². The van der Waals surface area contributed by atoms with Gasteiger partial charge in [0.2, 0.25) is 0 Å². The average Bonchev–Trinajstić information content (AvgIpc) is 2.57. The fourth-order valence-electron chi connectivity index (χ4n) is 1.96. The van der Waals surface area contributed by atoms with Crippen molar-refractivity contribution in [3.05, 3.63) is 70.6 Å². The molecule has 0 radical (unpaired) electrons. The summed E-state index contributed by atoms with van der Waals surface area (Å²) in [4.78, 5) is 12.1. The van der Waals surface area contributed by atoms with E-state index in [0.717, 1.165) is 18.6 Å². The summed E-state index contributed by atoms with van der Waals surface area (Å²) in [7, 11) is 0. The molecule has 126 valence electrons. The van der Waals surface area contributed by atoms with Gasteiger partial charge in [0.1, 0.15) is 11.6 Å². The second kappa shape index (κ2) is 9.23. The molecule has 0 heterocycles. The lowest BCUT2D eigenvalue weighted by Crippen LogP contribution is -1.99. The van der Waals surface area contributed by atoms with E-state index in [0.29, 0.717) is 22.3 Å². The summed E-state index contributed by atoms with van der Waals surface area (Å²) in [5.74, 6) is 0.189. The molecule has 5 heteroatoms. The van der Waals surface area contributed by atoms with Gasteiger partial charge in [0.05, 0.1) is 12.3 Å². The second-order valence-electron chi connectivity index (χ2n) is 5.19. The predicted molar refractivity (Wildman–Crippen MR) is 98.0 cm³/mol. The molecule has 0 aliphatic carbocycles. The summed E-state index contributed by atoms with van der Waals surface area (Å²) < 4.78 is 19.9. The van der Waals surface area contributed by atoms with Gasteiger partial charge >= 0.3 is 0 Å². The van der Waals surface area contributed by atoms with Crippen LogP contribution in [0.4, 0.5) is 10.1 Å². The number of halogens is 2. The van der Waals surface area contributed by atoms with Crippen molar-refractivity contribution in [3.63, 3.8) is 0 Å². The lowest BCUT2D eigenvalue weighted by Gasteiger charge is -2.05. The van der Waals surface area contributed by atoms with E-state index in [4.69, 9.17) is 4.74 Å². The first-order valence-electron chi connectivity index (χ1n) is 7.75. The molecule has 0 atom stereocenters. The Kier molecular flexibility index (Phi) is 7.00. The van der Waals surface area contributed by atoms with E-state index in [1.54, 1.807) is 36.4 Å². The fourth-order valence-corrected chi connectivity index (χ4v) is 2.29. The zero-order valence-electron chi connectivity index (χ0n) is 13.4. The van der Waals surface area contributed by atoms with Crippen molar-refractivity contribution in [2.45, 2.75) is 19.8 Å². The number of hydrogen-bond acceptors (Lipinski definition) is 3. The minimum absolute atomic E-state index is 0.167. The highest BCUT2D eigenvalue weighted by Gasteiger charge is 2.03. The number of nitrogens with one attached hydrogen (secondary N) is 1. The van der Waals surface area contributed by atoms with Gasteiger partial charge in [0.15, 0.2) is 5.78 Å². The summed E-state index contributed by atoms with van der Waals surface area (Å²) in [5, 5.41) is 2.76. The number of unbranched alkanes of at least 4 members (excludes halogenated alkanes) is 1.